The van der Waals surface area contributed by atoms with E-state index in [1.54, 1.807) is 24.5 Å². The summed E-state index contributed by atoms with van der Waals surface area (Å²) >= 11 is 6.62. The van der Waals surface area contributed by atoms with Gasteiger partial charge in [0.2, 0.25) is 12.1 Å². The molecule has 3 heterocycles. The highest BCUT2D eigenvalue weighted by Crippen LogP contribution is 2.36. The van der Waals surface area contributed by atoms with Crippen LogP contribution in [0.2, 0.25) is 5.15 Å². The maximum Gasteiger partial charge on any atom is 0.241 e. The quantitative estimate of drug-likeness (QED) is 0.222. The zero-order chi connectivity index (χ0) is 22.8. The molecule has 164 valence electrons. The molecule has 0 fully saturated rings. The van der Waals surface area contributed by atoms with E-state index >= 15 is 0 Å². The second-order valence-electron chi connectivity index (χ2n) is 7.35. The predicted molar refractivity (Wildman–Crippen MR) is 129 cm³/mol. The molecule has 0 spiro atoms. The molecule has 0 saturated carbocycles. The molecule has 0 N–H and O–H groups in total. The maximum absolute atomic E-state index is 6.62. The maximum atomic E-state index is 6.62. The molecule has 1 atom stereocenters. The fraction of sp³-hybridized carbons (Fsp3) is 0.120. The van der Waals surface area contributed by atoms with Crippen molar-refractivity contribution in [1.29, 1.82) is 0 Å². The van der Waals surface area contributed by atoms with Crippen molar-refractivity contribution in [2.24, 2.45) is 10.1 Å². The Bertz CT molecular complexity index is 1370. The minimum atomic E-state index is -0.642. The first-order chi connectivity index (χ1) is 16.1. The summed E-state index contributed by atoms with van der Waals surface area (Å²) in [5.41, 5.74) is 2.99. The highest BCUT2D eigenvalue weighted by molar-refractivity contribution is 6.30. The number of aliphatic imine (C=N–C) groups is 1. The van der Waals surface area contributed by atoms with Crippen molar-refractivity contribution in [3.63, 3.8) is 0 Å². The summed E-state index contributed by atoms with van der Waals surface area (Å²) in [4.78, 5) is 13.4. The molecule has 0 saturated heterocycles. The predicted octanol–water partition coefficient (Wildman–Crippen LogP) is 5.73. The second kappa shape index (κ2) is 8.88. The molecule has 1 aliphatic rings. The number of rotatable bonds is 4. The lowest BCUT2D eigenvalue weighted by Gasteiger charge is -2.23. The standard InChI is InChI=1S/C25H20ClN5O2/c1-16(28-21-9-5-6-10-22(21)32-2)31-25(33-24(30-31)17-11-13-27-14-12-17)19-15-18-7-3-4-8-20(18)29-23(19)26/h3-15,25H,1-2H3. The third-order valence-corrected chi connectivity index (χ3v) is 5.54. The third-order valence-electron chi connectivity index (χ3n) is 5.24. The molecular formula is C25H20ClN5O2. The van der Waals surface area contributed by atoms with Crippen molar-refractivity contribution in [3.05, 3.63) is 95.4 Å². The summed E-state index contributed by atoms with van der Waals surface area (Å²) in [6.45, 7) is 1.87. The normalized spacial score (nSPS) is 16.0. The van der Waals surface area contributed by atoms with E-state index in [9.17, 15) is 0 Å². The Morgan fingerprint density at radius 2 is 1.82 bits per heavy atom. The molecule has 1 aliphatic heterocycles. The topological polar surface area (TPSA) is 72.2 Å². The van der Waals surface area contributed by atoms with E-state index in [0.717, 1.165) is 16.5 Å². The molecule has 0 amide bonds. The third kappa shape index (κ3) is 4.10. The molecule has 7 nitrogen and oxygen atoms in total. The van der Waals surface area contributed by atoms with Gasteiger partial charge in [-0.2, -0.15) is 0 Å². The monoisotopic (exact) mass is 457 g/mol. The van der Waals surface area contributed by atoms with Crippen LogP contribution in [0, 0.1) is 0 Å². The number of methoxy groups -OCH3 is 1. The fourth-order valence-corrected chi connectivity index (χ4v) is 3.86. The molecule has 0 aliphatic carbocycles. The number of fused-ring (bicyclic) bond motifs is 1. The number of nitrogens with zero attached hydrogens (tertiary/aromatic N) is 5. The number of pyridine rings is 2. The van der Waals surface area contributed by atoms with Crippen molar-refractivity contribution in [2.45, 2.75) is 13.2 Å². The van der Waals surface area contributed by atoms with E-state index in [0.29, 0.717) is 33.9 Å². The molecule has 0 bridgehead atoms. The van der Waals surface area contributed by atoms with E-state index < -0.39 is 6.23 Å². The number of amidine groups is 1. The number of hydrogen-bond donors (Lipinski definition) is 0. The van der Waals surface area contributed by atoms with Crippen molar-refractivity contribution in [1.82, 2.24) is 15.0 Å². The Balaban J connectivity index is 1.60. The van der Waals surface area contributed by atoms with Gasteiger partial charge in [-0.1, -0.05) is 41.9 Å². The molecule has 1 unspecified atom stereocenters. The van der Waals surface area contributed by atoms with Gasteiger partial charge in [0.1, 0.15) is 22.4 Å². The number of hydrogen-bond acceptors (Lipinski definition) is 6. The second-order valence-corrected chi connectivity index (χ2v) is 7.71. The minimum Gasteiger partial charge on any atom is -0.494 e. The number of benzene rings is 2. The van der Waals surface area contributed by atoms with Gasteiger partial charge < -0.3 is 9.47 Å². The van der Waals surface area contributed by atoms with E-state index in [1.807, 2.05) is 73.7 Å². The highest BCUT2D eigenvalue weighted by atomic mass is 35.5. The van der Waals surface area contributed by atoms with Crippen LogP contribution in [-0.2, 0) is 4.74 Å². The number of hydrazone groups is 1. The van der Waals surface area contributed by atoms with Gasteiger partial charge in [0.15, 0.2) is 0 Å². The number of ether oxygens (including phenoxy) is 2. The molecule has 33 heavy (non-hydrogen) atoms. The smallest absolute Gasteiger partial charge is 0.241 e. The summed E-state index contributed by atoms with van der Waals surface area (Å²) < 4.78 is 11.8. The Labute approximate surface area is 196 Å². The first kappa shape index (κ1) is 20.9. The summed E-state index contributed by atoms with van der Waals surface area (Å²) in [7, 11) is 1.62. The van der Waals surface area contributed by atoms with Gasteiger partial charge in [-0.25, -0.2) is 15.0 Å². The summed E-state index contributed by atoms with van der Waals surface area (Å²) in [5, 5.41) is 7.74. The zero-order valence-electron chi connectivity index (χ0n) is 18.0. The average molecular weight is 458 g/mol. The number of para-hydroxylation sites is 3. The highest BCUT2D eigenvalue weighted by Gasteiger charge is 2.34. The molecule has 5 rings (SSSR count). The summed E-state index contributed by atoms with van der Waals surface area (Å²) in [6, 6.07) is 21.0. The number of halogens is 1. The van der Waals surface area contributed by atoms with Crippen LogP contribution in [-0.4, -0.2) is 33.8 Å². The Morgan fingerprint density at radius 3 is 2.64 bits per heavy atom. The van der Waals surface area contributed by atoms with Crippen molar-refractivity contribution in [2.75, 3.05) is 7.11 Å². The molecule has 8 heteroatoms. The van der Waals surface area contributed by atoms with Gasteiger partial charge in [-0.05, 0) is 43.3 Å². The molecular weight excluding hydrogens is 438 g/mol. The largest absolute Gasteiger partial charge is 0.494 e. The van der Waals surface area contributed by atoms with Crippen LogP contribution in [0.3, 0.4) is 0 Å². The van der Waals surface area contributed by atoms with Crippen LogP contribution >= 0.6 is 11.6 Å². The van der Waals surface area contributed by atoms with E-state index in [2.05, 4.69) is 9.97 Å². The van der Waals surface area contributed by atoms with Gasteiger partial charge in [-0.15, -0.1) is 5.10 Å². The van der Waals surface area contributed by atoms with E-state index in [1.165, 1.54) is 0 Å². The minimum absolute atomic E-state index is 0.347. The zero-order valence-corrected chi connectivity index (χ0v) is 18.8. The lowest BCUT2D eigenvalue weighted by molar-refractivity contribution is 0.110. The van der Waals surface area contributed by atoms with Gasteiger partial charge >= 0.3 is 0 Å². The van der Waals surface area contributed by atoms with Crippen LogP contribution in [0.5, 0.6) is 5.75 Å². The SMILES string of the molecule is COc1ccccc1N=C(C)N1N=C(c2ccncc2)OC1c1cc2ccccc2nc1Cl. The molecule has 2 aromatic heterocycles. The van der Waals surface area contributed by atoms with Gasteiger partial charge in [-0.3, -0.25) is 4.98 Å². The van der Waals surface area contributed by atoms with Gasteiger partial charge in [0.25, 0.3) is 0 Å². The Hall–Kier alpha value is -3.97. The van der Waals surface area contributed by atoms with Crippen LogP contribution in [0.1, 0.15) is 24.3 Å². The molecule has 2 aromatic carbocycles. The van der Waals surface area contributed by atoms with E-state index in [-0.39, 0.29) is 0 Å². The lowest BCUT2D eigenvalue weighted by Crippen LogP contribution is -2.26. The summed E-state index contributed by atoms with van der Waals surface area (Å²) in [6.07, 6.45) is 2.74. The number of aromatic nitrogens is 2. The first-order valence-electron chi connectivity index (χ1n) is 10.3. The van der Waals surface area contributed by atoms with Crippen LogP contribution in [0.4, 0.5) is 5.69 Å². The van der Waals surface area contributed by atoms with Gasteiger partial charge in [0, 0.05) is 23.3 Å². The van der Waals surface area contributed by atoms with E-state index in [4.69, 9.17) is 31.2 Å². The summed E-state index contributed by atoms with van der Waals surface area (Å²) in [5.74, 6) is 1.72. The fourth-order valence-electron chi connectivity index (χ4n) is 3.62. The molecule has 0 radical (unpaired) electrons. The Kier molecular flexibility index (Phi) is 5.62. The first-order valence-corrected chi connectivity index (χ1v) is 10.7. The average Bonchev–Trinajstić information content (AvgIpc) is 3.30. The lowest BCUT2D eigenvalue weighted by atomic mass is 10.1. The van der Waals surface area contributed by atoms with Crippen LogP contribution < -0.4 is 4.74 Å². The van der Waals surface area contributed by atoms with Crippen LogP contribution in [0.15, 0.2) is 89.2 Å². The van der Waals surface area contributed by atoms with Crippen molar-refractivity contribution >= 4 is 39.9 Å². The van der Waals surface area contributed by atoms with Crippen molar-refractivity contribution in [3.8, 4) is 5.75 Å². The Morgan fingerprint density at radius 1 is 1.06 bits per heavy atom. The molecule has 4 aromatic rings. The van der Waals surface area contributed by atoms with Crippen molar-refractivity contribution < 1.29 is 9.47 Å². The van der Waals surface area contributed by atoms with Crippen LogP contribution in [0.25, 0.3) is 10.9 Å². The van der Waals surface area contributed by atoms with Gasteiger partial charge in [0.05, 0.1) is 18.2 Å².